The minimum absolute atomic E-state index is 0.323. The van der Waals surface area contributed by atoms with Crippen molar-refractivity contribution in [3.8, 4) is 0 Å². The molecule has 0 radical (unpaired) electrons. The van der Waals surface area contributed by atoms with Crippen LogP contribution in [0.5, 0.6) is 0 Å². The summed E-state index contributed by atoms with van der Waals surface area (Å²) in [4.78, 5) is 0. The van der Waals surface area contributed by atoms with Crippen LogP contribution in [0.3, 0.4) is 0 Å². The van der Waals surface area contributed by atoms with Crippen molar-refractivity contribution in [1.82, 2.24) is 0 Å². The van der Waals surface area contributed by atoms with Crippen LogP contribution in [0.4, 0.5) is 0 Å². The van der Waals surface area contributed by atoms with E-state index in [2.05, 4.69) is 78.9 Å². The van der Waals surface area contributed by atoms with Gasteiger partial charge < -0.3 is 10.2 Å². The van der Waals surface area contributed by atoms with Crippen molar-refractivity contribution in [1.29, 1.82) is 0 Å². The summed E-state index contributed by atoms with van der Waals surface area (Å²) in [5.41, 5.74) is 9.81. The van der Waals surface area contributed by atoms with E-state index >= 15 is 0 Å². The highest BCUT2D eigenvalue weighted by molar-refractivity contribution is 5.90. The number of rotatable bonds is 6. The molecular formula is C29H26O2. The van der Waals surface area contributed by atoms with Crippen LogP contribution >= 0.6 is 0 Å². The standard InChI is InChI=1S/C29H26O2/c30-29(31)28-17-15-26-19-25(14-16-27(26)28)24-13-12-23(18-24)22-10-8-21(9-11-22)7-6-20-4-2-1-3-5-20/h1-5,8-12,14-19,28-31H,6-7,13H2. The molecule has 2 heteroatoms. The highest BCUT2D eigenvalue weighted by Gasteiger charge is 2.23. The van der Waals surface area contributed by atoms with Crippen molar-refractivity contribution >= 4 is 17.2 Å². The molecule has 2 aliphatic carbocycles. The van der Waals surface area contributed by atoms with Gasteiger partial charge in [0.25, 0.3) is 0 Å². The Hall–Kier alpha value is -3.20. The number of hydrogen-bond acceptors (Lipinski definition) is 2. The maximum absolute atomic E-state index is 9.54. The van der Waals surface area contributed by atoms with Crippen LogP contribution in [0.15, 0.2) is 91.0 Å². The second-order valence-electron chi connectivity index (χ2n) is 8.36. The van der Waals surface area contributed by atoms with Crippen molar-refractivity contribution in [3.05, 3.63) is 124 Å². The summed E-state index contributed by atoms with van der Waals surface area (Å²) in [5, 5.41) is 19.1. The maximum Gasteiger partial charge on any atom is 0.161 e. The van der Waals surface area contributed by atoms with Crippen molar-refractivity contribution in [3.63, 3.8) is 0 Å². The molecule has 0 saturated heterocycles. The van der Waals surface area contributed by atoms with Crippen LogP contribution in [-0.2, 0) is 12.8 Å². The number of aryl methyl sites for hydroxylation is 2. The number of hydrogen-bond donors (Lipinski definition) is 2. The molecule has 0 heterocycles. The molecule has 2 N–H and O–H groups in total. The third kappa shape index (κ3) is 4.18. The molecule has 0 saturated carbocycles. The highest BCUT2D eigenvalue weighted by atomic mass is 16.5. The summed E-state index contributed by atoms with van der Waals surface area (Å²) >= 11 is 0. The summed E-state index contributed by atoms with van der Waals surface area (Å²) in [6, 6.07) is 25.8. The van der Waals surface area contributed by atoms with Crippen LogP contribution in [0.2, 0.25) is 0 Å². The average molecular weight is 407 g/mol. The Labute approximate surface area is 183 Å². The lowest BCUT2D eigenvalue weighted by Crippen LogP contribution is -2.14. The number of aliphatic hydroxyl groups excluding tert-OH is 1. The van der Waals surface area contributed by atoms with Crippen molar-refractivity contribution in [2.24, 2.45) is 0 Å². The van der Waals surface area contributed by atoms with Crippen LogP contribution < -0.4 is 0 Å². The zero-order valence-corrected chi connectivity index (χ0v) is 17.4. The second-order valence-corrected chi connectivity index (χ2v) is 8.36. The molecule has 1 unspecified atom stereocenters. The topological polar surface area (TPSA) is 40.5 Å². The predicted molar refractivity (Wildman–Crippen MR) is 127 cm³/mol. The molecule has 31 heavy (non-hydrogen) atoms. The Bertz CT molecular complexity index is 1170. The fourth-order valence-electron chi connectivity index (χ4n) is 4.52. The smallest absolute Gasteiger partial charge is 0.161 e. The first kappa shape index (κ1) is 19.7. The summed E-state index contributed by atoms with van der Waals surface area (Å²) in [6.07, 6.45) is 10.1. The molecule has 154 valence electrons. The molecule has 0 bridgehead atoms. The molecule has 0 aromatic heterocycles. The maximum atomic E-state index is 9.54. The van der Waals surface area contributed by atoms with Gasteiger partial charge in [-0.05, 0) is 69.9 Å². The van der Waals surface area contributed by atoms with Gasteiger partial charge in [0.05, 0.1) is 5.92 Å². The molecule has 3 aromatic carbocycles. The van der Waals surface area contributed by atoms with E-state index < -0.39 is 6.29 Å². The van der Waals surface area contributed by atoms with Crippen LogP contribution in [0.1, 0.15) is 45.7 Å². The first-order chi connectivity index (χ1) is 15.2. The molecule has 0 aliphatic heterocycles. The SMILES string of the molecule is OC(O)C1C=Cc2cc(C3=CC(c4ccc(CCc5ccccc5)cc4)=CC3)ccc21. The van der Waals surface area contributed by atoms with Crippen LogP contribution in [0, 0.1) is 0 Å². The van der Waals surface area contributed by atoms with Gasteiger partial charge in [0.1, 0.15) is 0 Å². The lowest BCUT2D eigenvalue weighted by Gasteiger charge is -2.14. The first-order valence-corrected chi connectivity index (χ1v) is 10.9. The van der Waals surface area contributed by atoms with E-state index in [0.717, 1.165) is 30.4 Å². The minimum Gasteiger partial charge on any atom is -0.367 e. The van der Waals surface area contributed by atoms with E-state index in [1.165, 1.54) is 33.4 Å². The number of fused-ring (bicyclic) bond motifs is 1. The molecule has 2 nitrogen and oxygen atoms in total. The van der Waals surface area contributed by atoms with Crippen LogP contribution in [0.25, 0.3) is 17.2 Å². The summed E-state index contributed by atoms with van der Waals surface area (Å²) in [7, 11) is 0. The first-order valence-electron chi connectivity index (χ1n) is 10.9. The van der Waals surface area contributed by atoms with Crippen molar-refractivity contribution < 1.29 is 10.2 Å². The van der Waals surface area contributed by atoms with E-state index in [-0.39, 0.29) is 5.92 Å². The van der Waals surface area contributed by atoms with E-state index in [1.807, 2.05) is 18.2 Å². The van der Waals surface area contributed by atoms with Crippen LogP contribution in [-0.4, -0.2) is 16.5 Å². The quantitative estimate of drug-likeness (QED) is 0.511. The zero-order chi connectivity index (χ0) is 21.2. The van der Waals surface area contributed by atoms with Gasteiger partial charge in [0.15, 0.2) is 6.29 Å². The van der Waals surface area contributed by atoms with E-state index in [0.29, 0.717) is 0 Å². The number of aliphatic hydroxyl groups is 2. The van der Waals surface area contributed by atoms with Gasteiger partial charge >= 0.3 is 0 Å². The monoisotopic (exact) mass is 406 g/mol. The molecule has 5 rings (SSSR count). The Morgan fingerprint density at radius 2 is 1.52 bits per heavy atom. The number of allylic oxidation sites excluding steroid dienone is 4. The van der Waals surface area contributed by atoms with Gasteiger partial charge in [-0.1, -0.05) is 91.0 Å². The lowest BCUT2D eigenvalue weighted by atomic mass is 9.95. The number of benzene rings is 3. The van der Waals surface area contributed by atoms with Gasteiger partial charge in [-0.25, -0.2) is 0 Å². The van der Waals surface area contributed by atoms with Crippen molar-refractivity contribution in [2.45, 2.75) is 31.5 Å². The molecule has 3 aromatic rings. The fraction of sp³-hybridized carbons (Fsp3) is 0.172. The third-order valence-electron chi connectivity index (χ3n) is 6.33. The molecule has 0 amide bonds. The molecule has 0 fully saturated rings. The lowest BCUT2D eigenvalue weighted by molar-refractivity contribution is -0.0490. The summed E-state index contributed by atoms with van der Waals surface area (Å²) in [6.45, 7) is 0. The minimum atomic E-state index is -1.35. The fourth-order valence-corrected chi connectivity index (χ4v) is 4.52. The molecule has 1 atom stereocenters. The average Bonchev–Trinajstić information content (AvgIpc) is 3.46. The Kier molecular flexibility index (Phi) is 5.42. The highest BCUT2D eigenvalue weighted by Crippen LogP contribution is 2.37. The molecule has 2 aliphatic rings. The molecular weight excluding hydrogens is 380 g/mol. The molecule has 0 spiro atoms. The third-order valence-corrected chi connectivity index (χ3v) is 6.33. The van der Waals surface area contributed by atoms with E-state index in [1.54, 1.807) is 0 Å². The van der Waals surface area contributed by atoms with Crippen molar-refractivity contribution in [2.75, 3.05) is 0 Å². The largest absolute Gasteiger partial charge is 0.367 e. The zero-order valence-electron chi connectivity index (χ0n) is 17.4. The summed E-state index contributed by atoms with van der Waals surface area (Å²) in [5.74, 6) is -0.323. The van der Waals surface area contributed by atoms with Gasteiger partial charge in [-0.2, -0.15) is 0 Å². The van der Waals surface area contributed by atoms with E-state index in [4.69, 9.17) is 0 Å². The van der Waals surface area contributed by atoms with Gasteiger partial charge in [-0.15, -0.1) is 0 Å². The summed E-state index contributed by atoms with van der Waals surface area (Å²) < 4.78 is 0. The van der Waals surface area contributed by atoms with Gasteiger partial charge in [0.2, 0.25) is 0 Å². The van der Waals surface area contributed by atoms with Gasteiger partial charge in [0, 0.05) is 0 Å². The Balaban J connectivity index is 1.27. The van der Waals surface area contributed by atoms with Gasteiger partial charge in [-0.3, -0.25) is 0 Å². The van der Waals surface area contributed by atoms with E-state index in [9.17, 15) is 10.2 Å². The normalized spacial score (nSPS) is 17.1. The Morgan fingerprint density at radius 1 is 0.806 bits per heavy atom. The second kappa shape index (κ2) is 8.50. The Morgan fingerprint density at radius 3 is 2.26 bits per heavy atom. The predicted octanol–water partition coefficient (Wildman–Crippen LogP) is 5.76.